The quantitative estimate of drug-likeness (QED) is 0.604. The lowest BCUT2D eigenvalue weighted by molar-refractivity contribution is -0.136. The van der Waals surface area contributed by atoms with Gasteiger partial charge in [-0.3, -0.25) is 29.4 Å². The topological polar surface area (TPSA) is 95.6 Å². The summed E-state index contributed by atoms with van der Waals surface area (Å²) in [5.74, 6) is 4.53. The maximum Gasteiger partial charge on any atom is 0.262 e. The summed E-state index contributed by atoms with van der Waals surface area (Å²) in [6.45, 7) is 3.64. The number of amides is 4. The van der Waals surface area contributed by atoms with Crippen LogP contribution in [0, 0.1) is 17.8 Å². The zero-order valence-corrected chi connectivity index (χ0v) is 15.2. The number of rotatable bonds is 3. The second kappa shape index (κ2) is 6.97. The van der Waals surface area contributed by atoms with Crippen molar-refractivity contribution in [3.05, 3.63) is 47.7 Å². The zero-order valence-electron chi connectivity index (χ0n) is 15.2. The molecule has 2 N–H and O–H groups in total. The molecule has 1 aromatic rings. The maximum absolute atomic E-state index is 12.8. The van der Waals surface area contributed by atoms with E-state index in [2.05, 4.69) is 29.1 Å². The SMILES string of the molecule is C=CNC1CC(C#Cc2ccc3c(c2)C(=O)N(C2CCC(=O)NC2=O)C3=O)C1. The average molecular weight is 377 g/mol. The summed E-state index contributed by atoms with van der Waals surface area (Å²) in [5, 5.41) is 5.34. The van der Waals surface area contributed by atoms with Crippen LogP contribution in [0.4, 0.5) is 0 Å². The average Bonchev–Trinajstić information content (AvgIpc) is 2.88. The molecule has 0 radical (unpaired) electrons. The molecule has 0 spiro atoms. The highest BCUT2D eigenvalue weighted by atomic mass is 16.2. The Morgan fingerprint density at radius 2 is 1.89 bits per heavy atom. The fourth-order valence-corrected chi connectivity index (χ4v) is 3.77. The molecule has 4 amide bonds. The van der Waals surface area contributed by atoms with E-state index in [-0.39, 0.29) is 24.0 Å². The Morgan fingerprint density at radius 3 is 2.61 bits per heavy atom. The first-order chi connectivity index (χ1) is 13.5. The van der Waals surface area contributed by atoms with Crippen LogP contribution in [-0.4, -0.2) is 40.6 Å². The zero-order chi connectivity index (χ0) is 19.8. The van der Waals surface area contributed by atoms with Crippen molar-refractivity contribution in [2.24, 2.45) is 5.92 Å². The molecule has 0 bridgehead atoms. The molecule has 1 saturated carbocycles. The van der Waals surface area contributed by atoms with E-state index in [0.29, 0.717) is 17.5 Å². The van der Waals surface area contributed by atoms with Crippen LogP contribution in [0.1, 0.15) is 52.0 Å². The Morgan fingerprint density at radius 1 is 1.14 bits per heavy atom. The number of carbonyl (C=O) groups is 4. The van der Waals surface area contributed by atoms with Gasteiger partial charge in [-0.2, -0.15) is 0 Å². The number of imide groups is 2. The number of benzene rings is 1. The predicted molar refractivity (Wildman–Crippen MR) is 99.8 cm³/mol. The molecule has 3 aliphatic rings. The van der Waals surface area contributed by atoms with Gasteiger partial charge in [-0.15, -0.1) is 0 Å². The Bertz CT molecular complexity index is 966. The van der Waals surface area contributed by atoms with Crippen molar-refractivity contribution in [2.75, 3.05) is 0 Å². The normalized spacial score (nSPS) is 26.0. The minimum Gasteiger partial charge on any atom is -0.389 e. The van der Waals surface area contributed by atoms with Crippen molar-refractivity contribution < 1.29 is 19.2 Å². The van der Waals surface area contributed by atoms with Gasteiger partial charge in [-0.1, -0.05) is 18.4 Å². The fourth-order valence-electron chi connectivity index (χ4n) is 3.77. The van der Waals surface area contributed by atoms with Crippen LogP contribution < -0.4 is 10.6 Å². The number of piperidine rings is 1. The summed E-state index contributed by atoms with van der Waals surface area (Å²) in [7, 11) is 0. The number of hydrogen-bond acceptors (Lipinski definition) is 5. The molecule has 1 aromatic carbocycles. The number of hydrogen-bond donors (Lipinski definition) is 2. The minimum atomic E-state index is -0.955. The standard InChI is InChI=1S/C21H19N3O4/c1-2-22-14-9-13(10-14)4-3-12-5-6-15-16(11-12)21(28)24(20(15)27)17-7-8-18(25)23-19(17)26/h2,5-6,11,13-14,17,22H,1,7-10H2,(H,23,25,26). The number of nitrogens with one attached hydrogen (secondary N) is 2. The summed E-state index contributed by atoms with van der Waals surface area (Å²) >= 11 is 0. The lowest BCUT2D eigenvalue weighted by Gasteiger charge is -2.31. The van der Waals surface area contributed by atoms with Gasteiger partial charge in [0, 0.05) is 23.9 Å². The van der Waals surface area contributed by atoms with E-state index in [0.717, 1.165) is 17.7 Å². The van der Waals surface area contributed by atoms with Gasteiger partial charge < -0.3 is 5.32 Å². The lowest BCUT2D eigenvalue weighted by atomic mass is 9.81. The van der Waals surface area contributed by atoms with E-state index in [1.165, 1.54) is 0 Å². The van der Waals surface area contributed by atoms with E-state index in [4.69, 9.17) is 0 Å². The van der Waals surface area contributed by atoms with E-state index < -0.39 is 29.7 Å². The van der Waals surface area contributed by atoms with Gasteiger partial charge in [0.25, 0.3) is 11.8 Å². The third kappa shape index (κ3) is 3.07. The van der Waals surface area contributed by atoms with E-state index in [9.17, 15) is 19.2 Å². The Kier molecular flexibility index (Phi) is 4.47. The molecule has 7 nitrogen and oxygen atoms in total. The number of fused-ring (bicyclic) bond motifs is 1. The van der Waals surface area contributed by atoms with Gasteiger partial charge in [0.05, 0.1) is 11.1 Å². The highest BCUT2D eigenvalue weighted by Crippen LogP contribution is 2.29. The Hall–Kier alpha value is -3.40. The minimum absolute atomic E-state index is 0.101. The molecular formula is C21H19N3O4. The largest absolute Gasteiger partial charge is 0.389 e. The van der Waals surface area contributed by atoms with Gasteiger partial charge in [-0.25, -0.2) is 0 Å². The third-order valence-corrected chi connectivity index (χ3v) is 5.35. The third-order valence-electron chi connectivity index (χ3n) is 5.35. The van der Waals surface area contributed by atoms with Crippen molar-refractivity contribution in [2.45, 2.75) is 37.8 Å². The van der Waals surface area contributed by atoms with Gasteiger partial charge in [0.15, 0.2) is 0 Å². The molecule has 7 heteroatoms. The molecule has 2 heterocycles. The molecule has 1 atom stereocenters. The maximum atomic E-state index is 12.8. The van der Waals surface area contributed by atoms with Gasteiger partial charge in [0.1, 0.15) is 6.04 Å². The smallest absolute Gasteiger partial charge is 0.262 e. The highest BCUT2D eigenvalue weighted by Gasteiger charge is 2.44. The molecular weight excluding hydrogens is 358 g/mol. The molecule has 4 rings (SSSR count). The summed E-state index contributed by atoms with van der Waals surface area (Å²) in [5.41, 5.74) is 1.17. The number of nitrogens with zero attached hydrogens (tertiary/aromatic N) is 1. The molecule has 1 unspecified atom stereocenters. The second-order valence-corrected chi connectivity index (χ2v) is 7.21. The van der Waals surface area contributed by atoms with Crippen LogP contribution in [0.15, 0.2) is 31.0 Å². The van der Waals surface area contributed by atoms with E-state index in [1.54, 1.807) is 24.4 Å². The summed E-state index contributed by atoms with van der Waals surface area (Å²) in [4.78, 5) is 49.8. The fraction of sp³-hybridized carbons (Fsp3) is 0.333. The molecule has 2 fully saturated rings. The van der Waals surface area contributed by atoms with Crippen molar-refractivity contribution in [3.8, 4) is 11.8 Å². The first kappa shape index (κ1) is 18.0. The van der Waals surface area contributed by atoms with Crippen LogP contribution in [0.5, 0.6) is 0 Å². The second-order valence-electron chi connectivity index (χ2n) is 7.21. The Labute approximate surface area is 162 Å². The summed E-state index contributed by atoms with van der Waals surface area (Å²) in [6.07, 6.45) is 3.83. The van der Waals surface area contributed by atoms with Crippen LogP contribution in [0.25, 0.3) is 0 Å². The van der Waals surface area contributed by atoms with Crippen LogP contribution in [0.3, 0.4) is 0 Å². The summed E-state index contributed by atoms with van der Waals surface area (Å²) in [6, 6.07) is 4.35. The van der Waals surface area contributed by atoms with Crippen molar-refractivity contribution in [3.63, 3.8) is 0 Å². The van der Waals surface area contributed by atoms with Crippen molar-refractivity contribution in [1.29, 1.82) is 0 Å². The van der Waals surface area contributed by atoms with E-state index in [1.807, 2.05) is 0 Å². The van der Waals surface area contributed by atoms with Crippen molar-refractivity contribution >= 4 is 23.6 Å². The van der Waals surface area contributed by atoms with Crippen LogP contribution in [-0.2, 0) is 9.59 Å². The van der Waals surface area contributed by atoms with Crippen molar-refractivity contribution in [1.82, 2.24) is 15.5 Å². The molecule has 1 aliphatic carbocycles. The first-order valence-corrected chi connectivity index (χ1v) is 9.22. The molecule has 0 aromatic heterocycles. The summed E-state index contributed by atoms with van der Waals surface area (Å²) < 4.78 is 0. The number of carbonyl (C=O) groups excluding carboxylic acids is 4. The molecule has 2 aliphatic heterocycles. The van der Waals surface area contributed by atoms with Gasteiger partial charge in [0.2, 0.25) is 11.8 Å². The molecule has 1 saturated heterocycles. The van der Waals surface area contributed by atoms with Gasteiger partial charge >= 0.3 is 0 Å². The Balaban J connectivity index is 1.51. The molecule has 28 heavy (non-hydrogen) atoms. The highest BCUT2D eigenvalue weighted by molar-refractivity contribution is 6.23. The monoisotopic (exact) mass is 377 g/mol. The molecule has 142 valence electrons. The lowest BCUT2D eigenvalue weighted by Crippen LogP contribution is -2.54. The van der Waals surface area contributed by atoms with Crippen LogP contribution in [0.2, 0.25) is 0 Å². The predicted octanol–water partition coefficient (Wildman–Crippen LogP) is 0.951. The van der Waals surface area contributed by atoms with Gasteiger partial charge in [-0.05, 0) is 43.7 Å². The van der Waals surface area contributed by atoms with Crippen LogP contribution >= 0.6 is 0 Å². The van der Waals surface area contributed by atoms with E-state index >= 15 is 0 Å². The first-order valence-electron chi connectivity index (χ1n) is 9.22.